The van der Waals surface area contributed by atoms with Gasteiger partial charge in [0.25, 0.3) is 10.2 Å². The molecule has 1 amide bonds. The van der Waals surface area contributed by atoms with Crippen molar-refractivity contribution in [3.8, 4) is 11.3 Å². The maximum Gasteiger partial charge on any atom is 0.279 e. The molecule has 27 heavy (non-hydrogen) atoms. The minimum atomic E-state index is -3.60. The molecule has 4 rings (SSSR count). The Hall–Kier alpha value is -2.30. The molecular formula is C17H22N6O3S. The van der Waals surface area contributed by atoms with Crippen LogP contribution in [0.3, 0.4) is 0 Å². The van der Waals surface area contributed by atoms with Crippen molar-refractivity contribution in [2.45, 2.75) is 12.3 Å². The number of amides is 1. The van der Waals surface area contributed by atoms with Gasteiger partial charge >= 0.3 is 0 Å². The zero-order valence-corrected chi connectivity index (χ0v) is 16.0. The topological polar surface area (TPSA) is 111 Å². The predicted octanol–water partition coefficient (Wildman–Crippen LogP) is -0.0342. The molecular weight excluding hydrogens is 368 g/mol. The maximum absolute atomic E-state index is 12.4. The predicted molar refractivity (Wildman–Crippen MR) is 98.9 cm³/mol. The number of carbonyl (C=O) groups excluding carboxylic acids is 1. The van der Waals surface area contributed by atoms with E-state index in [1.807, 2.05) is 12.1 Å². The fourth-order valence-electron chi connectivity index (χ4n) is 3.91. The summed E-state index contributed by atoms with van der Waals surface area (Å²) in [7, 11) is -0.755. The van der Waals surface area contributed by atoms with E-state index < -0.39 is 10.2 Å². The van der Waals surface area contributed by atoms with Gasteiger partial charge in [-0.15, -0.1) is 0 Å². The molecule has 0 bridgehead atoms. The Morgan fingerprint density at radius 1 is 1.33 bits per heavy atom. The largest absolute Gasteiger partial charge is 0.341 e. The Kier molecular flexibility index (Phi) is 4.49. The van der Waals surface area contributed by atoms with Gasteiger partial charge in [-0.05, 0) is 24.5 Å². The third-order valence-corrected chi connectivity index (χ3v) is 6.84. The van der Waals surface area contributed by atoms with E-state index in [0.29, 0.717) is 19.0 Å². The lowest BCUT2D eigenvalue weighted by atomic mass is 9.99. The number of rotatable bonds is 5. The van der Waals surface area contributed by atoms with Gasteiger partial charge in [0.05, 0.1) is 12.2 Å². The van der Waals surface area contributed by atoms with Gasteiger partial charge in [-0.1, -0.05) is 0 Å². The van der Waals surface area contributed by atoms with Crippen LogP contribution in [0.25, 0.3) is 11.3 Å². The molecule has 1 fully saturated rings. The van der Waals surface area contributed by atoms with Crippen molar-refractivity contribution >= 4 is 16.1 Å². The normalized spacial score (nSPS) is 21.5. The first-order valence-corrected chi connectivity index (χ1v) is 10.2. The molecule has 9 nitrogen and oxygen atoms in total. The van der Waals surface area contributed by atoms with Crippen LogP contribution in [-0.2, 0) is 21.4 Å². The molecule has 0 unspecified atom stereocenters. The van der Waals surface area contributed by atoms with Crippen molar-refractivity contribution in [1.82, 2.24) is 29.1 Å². The van der Waals surface area contributed by atoms with Gasteiger partial charge in [-0.2, -0.15) is 22.5 Å². The Bertz CT molecular complexity index is 956. The Balaban J connectivity index is 1.44. The van der Waals surface area contributed by atoms with E-state index in [4.69, 9.17) is 0 Å². The molecule has 3 heterocycles. The summed E-state index contributed by atoms with van der Waals surface area (Å²) in [4.78, 5) is 18.2. The number of hydrogen-bond donors (Lipinski definition) is 2. The van der Waals surface area contributed by atoms with E-state index in [1.165, 1.54) is 19.7 Å². The molecule has 1 aliphatic carbocycles. The second-order valence-electron chi connectivity index (χ2n) is 7.18. The number of aromatic nitrogens is 3. The SMILES string of the molecule is CN(C)S(=O)(=O)NCC(=O)N1C[C@H]2Cc3c(-c4ccncc4)n[nH]c3[C@H]2C1. The Morgan fingerprint density at radius 2 is 2.07 bits per heavy atom. The smallest absolute Gasteiger partial charge is 0.279 e. The zero-order chi connectivity index (χ0) is 19.2. The second kappa shape index (κ2) is 6.70. The van der Waals surface area contributed by atoms with Crippen LogP contribution < -0.4 is 4.72 Å². The summed E-state index contributed by atoms with van der Waals surface area (Å²) < 4.78 is 26.9. The van der Waals surface area contributed by atoms with Crippen LogP contribution in [0.15, 0.2) is 24.5 Å². The van der Waals surface area contributed by atoms with Crippen LogP contribution in [0.2, 0.25) is 0 Å². The number of nitrogens with zero attached hydrogens (tertiary/aromatic N) is 4. The molecule has 10 heteroatoms. The average Bonchev–Trinajstić information content (AvgIpc) is 3.31. The molecule has 144 valence electrons. The molecule has 2 aromatic heterocycles. The van der Waals surface area contributed by atoms with Crippen LogP contribution in [0.1, 0.15) is 17.2 Å². The van der Waals surface area contributed by atoms with Gasteiger partial charge in [0.15, 0.2) is 0 Å². The molecule has 0 saturated carbocycles. The molecule has 2 N–H and O–H groups in total. The summed E-state index contributed by atoms with van der Waals surface area (Å²) in [6.07, 6.45) is 4.37. The minimum Gasteiger partial charge on any atom is -0.341 e. The molecule has 0 radical (unpaired) electrons. The van der Waals surface area contributed by atoms with Gasteiger partial charge < -0.3 is 4.90 Å². The summed E-state index contributed by atoms with van der Waals surface area (Å²) in [5, 5.41) is 7.63. The highest BCUT2D eigenvalue weighted by atomic mass is 32.2. The summed E-state index contributed by atoms with van der Waals surface area (Å²) in [6, 6.07) is 3.88. The van der Waals surface area contributed by atoms with Crippen LogP contribution in [0, 0.1) is 5.92 Å². The highest BCUT2D eigenvalue weighted by molar-refractivity contribution is 7.87. The number of likely N-dealkylation sites (tertiary alicyclic amines) is 1. The number of nitrogens with one attached hydrogen (secondary N) is 2. The van der Waals surface area contributed by atoms with E-state index in [1.54, 1.807) is 17.3 Å². The lowest BCUT2D eigenvalue weighted by molar-refractivity contribution is -0.129. The summed E-state index contributed by atoms with van der Waals surface area (Å²) in [5.41, 5.74) is 4.31. The number of H-pyrrole nitrogens is 1. The highest BCUT2D eigenvalue weighted by Crippen LogP contribution is 2.45. The first kappa shape index (κ1) is 18.1. The van der Waals surface area contributed by atoms with E-state index >= 15 is 0 Å². The summed E-state index contributed by atoms with van der Waals surface area (Å²) in [5.74, 6) is 0.354. The molecule has 2 atom stereocenters. The second-order valence-corrected chi connectivity index (χ2v) is 9.15. The van der Waals surface area contributed by atoms with E-state index in [2.05, 4.69) is 19.9 Å². The van der Waals surface area contributed by atoms with Crippen LogP contribution in [0.4, 0.5) is 0 Å². The monoisotopic (exact) mass is 390 g/mol. The average molecular weight is 390 g/mol. The van der Waals surface area contributed by atoms with Gasteiger partial charge in [-0.3, -0.25) is 14.9 Å². The van der Waals surface area contributed by atoms with Crippen molar-refractivity contribution in [3.63, 3.8) is 0 Å². The number of pyridine rings is 1. The fraction of sp³-hybridized carbons (Fsp3) is 0.471. The van der Waals surface area contributed by atoms with Crippen molar-refractivity contribution in [2.75, 3.05) is 33.7 Å². The molecule has 2 aliphatic rings. The number of fused-ring (bicyclic) bond motifs is 3. The van der Waals surface area contributed by atoms with Crippen LogP contribution >= 0.6 is 0 Å². The van der Waals surface area contributed by atoms with Crippen molar-refractivity contribution in [3.05, 3.63) is 35.8 Å². The van der Waals surface area contributed by atoms with Crippen LogP contribution in [0.5, 0.6) is 0 Å². The van der Waals surface area contributed by atoms with E-state index in [0.717, 1.165) is 27.7 Å². The van der Waals surface area contributed by atoms with Gasteiger partial charge in [-0.25, -0.2) is 0 Å². The molecule has 2 aromatic rings. The third-order valence-electron chi connectivity index (χ3n) is 5.37. The van der Waals surface area contributed by atoms with Crippen molar-refractivity contribution < 1.29 is 13.2 Å². The summed E-state index contributed by atoms with van der Waals surface area (Å²) >= 11 is 0. The number of aromatic amines is 1. The fourth-order valence-corrected chi connectivity index (χ4v) is 4.47. The number of hydrogen-bond acceptors (Lipinski definition) is 5. The minimum absolute atomic E-state index is 0.203. The lowest BCUT2D eigenvalue weighted by Crippen LogP contribution is -2.43. The highest BCUT2D eigenvalue weighted by Gasteiger charge is 2.44. The van der Waals surface area contributed by atoms with Gasteiger partial charge in [0, 0.05) is 62.3 Å². The number of carbonyl (C=O) groups is 1. The molecule has 1 saturated heterocycles. The Labute approximate surface area is 158 Å². The zero-order valence-electron chi connectivity index (χ0n) is 15.2. The van der Waals surface area contributed by atoms with Crippen LogP contribution in [-0.4, -0.2) is 72.4 Å². The first-order valence-electron chi connectivity index (χ1n) is 8.79. The van der Waals surface area contributed by atoms with Crippen molar-refractivity contribution in [2.24, 2.45) is 5.92 Å². The summed E-state index contributed by atoms with van der Waals surface area (Å²) in [6.45, 7) is 0.988. The van der Waals surface area contributed by atoms with E-state index in [9.17, 15) is 13.2 Å². The molecule has 0 aromatic carbocycles. The van der Waals surface area contributed by atoms with Crippen molar-refractivity contribution in [1.29, 1.82) is 0 Å². The maximum atomic E-state index is 12.4. The standard InChI is InChI=1S/C17H22N6O3S/c1-22(2)27(25,26)19-8-15(24)23-9-12-7-13-16(11-3-5-18-6-4-11)20-21-17(13)14(12)10-23/h3-6,12,14,19H,7-10H2,1-2H3,(H,20,21)/t12-,14+/m1/s1. The van der Waals surface area contributed by atoms with Gasteiger partial charge in [0.2, 0.25) is 5.91 Å². The lowest BCUT2D eigenvalue weighted by Gasteiger charge is -2.18. The first-order chi connectivity index (χ1) is 12.9. The van der Waals surface area contributed by atoms with E-state index in [-0.39, 0.29) is 18.4 Å². The quantitative estimate of drug-likeness (QED) is 0.745. The molecule has 0 spiro atoms. The molecule has 1 aliphatic heterocycles. The third kappa shape index (κ3) is 3.24. The van der Waals surface area contributed by atoms with Gasteiger partial charge in [0.1, 0.15) is 0 Å². The Morgan fingerprint density at radius 3 is 2.78 bits per heavy atom.